The van der Waals surface area contributed by atoms with Crippen LogP contribution in [0.25, 0.3) is 0 Å². The van der Waals surface area contributed by atoms with Gasteiger partial charge in [-0.25, -0.2) is 0 Å². The maximum Gasteiger partial charge on any atom is 0.234 e. The number of ether oxygens (including phenoxy) is 2. The van der Waals surface area contributed by atoms with Gasteiger partial charge in [-0.05, 0) is 49.4 Å². The first-order valence-corrected chi connectivity index (χ1v) is 10.9. The Kier molecular flexibility index (Phi) is 7.97. The second-order valence-corrected chi connectivity index (χ2v) is 7.90. The third-order valence-corrected chi connectivity index (χ3v) is 5.44. The molecule has 0 aliphatic heterocycles. The summed E-state index contributed by atoms with van der Waals surface area (Å²) in [4.78, 5) is 12.3. The summed E-state index contributed by atoms with van der Waals surface area (Å²) in [6.07, 6.45) is 1.40. The van der Waals surface area contributed by atoms with Crippen LogP contribution in [0.1, 0.15) is 18.9 Å². The summed E-state index contributed by atoms with van der Waals surface area (Å²) in [6.45, 7) is 6.20. The highest BCUT2D eigenvalue weighted by atomic mass is 35.5. The number of benzene rings is 2. The van der Waals surface area contributed by atoms with Crippen LogP contribution in [0.2, 0.25) is 5.02 Å². The Hall–Kier alpha value is -2.97. The molecule has 9 heteroatoms. The lowest BCUT2D eigenvalue weighted by Gasteiger charge is -2.16. The summed E-state index contributed by atoms with van der Waals surface area (Å²) in [5, 5.41) is 12.5. The van der Waals surface area contributed by atoms with Crippen molar-refractivity contribution in [3.63, 3.8) is 0 Å². The van der Waals surface area contributed by atoms with Crippen LogP contribution >= 0.6 is 23.4 Å². The van der Waals surface area contributed by atoms with Crippen LogP contribution in [0.4, 0.5) is 5.69 Å². The number of nitrogens with zero attached hydrogens (tertiary/aromatic N) is 3. The smallest absolute Gasteiger partial charge is 0.234 e. The average molecular weight is 459 g/mol. The number of aromatic nitrogens is 3. The van der Waals surface area contributed by atoms with E-state index >= 15 is 0 Å². The predicted molar refractivity (Wildman–Crippen MR) is 123 cm³/mol. The van der Waals surface area contributed by atoms with E-state index in [1.165, 1.54) is 11.8 Å². The fourth-order valence-corrected chi connectivity index (χ4v) is 3.76. The van der Waals surface area contributed by atoms with Gasteiger partial charge in [0.05, 0.1) is 12.9 Å². The van der Waals surface area contributed by atoms with E-state index in [9.17, 15) is 4.79 Å². The Morgan fingerprint density at radius 1 is 1.26 bits per heavy atom. The number of hydrogen-bond acceptors (Lipinski definition) is 6. The first-order valence-electron chi connectivity index (χ1n) is 9.53. The largest absolute Gasteiger partial charge is 0.497 e. The number of allylic oxidation sites excluding steroid dienone is 1. The first kappa shape index (κ1) is 22.7. The van der Waals surface area contributed by atoms with Gasteiger partial charge in [0, 0.05) is 17.3 Å². The number of thioether (sulfide) groups is 1. The second-order valence-electron chi connectivity index (χ2n) is 6.52. The quantitative estimate of drug-likeness (QED) is 0.340. The van der Waals surface area contributed by atoms with Crippen LogP contribution in [0.15, 0.2) is 66.3 Å². The van der Waals surface area contributed by atoms with Crippen molar-refractivity contribution in [3.05, 3.63) is 72.0 Å². The minimum Gasteiger partial charge on any atom is -0.497 e. The van der Waals surface area contributed by atoms with Crippen LogP contribution < -0.4 is 14.8 Å². The highest BCUT2D eigenvalue weighted by Gasteiger charge is 2.20. The zero-order valence-electron chi connectivity index (χ0n) is 17.2. The summed E-state index contributed by atoms with van der Waals surface area (Å²) in [5.41, 5.74) is 0.646. The molecular formula is C22H23ClN4O3S. The molecule has 3 aromatic rings. The van der Waals surface area contributed by atoms with Crippen LogP contribution in [-0.2, 0) is 11.3 Å². The van der Waals surface area contributed by atoms with Crippen molar-refractivity contribution in [2.45, 2.75) is 24.7 Å². The topological polar surface area (TPSA) is 78.3 Å². The molecule has 31 heavy (non-hydrogen) atoms. The van der Waals surface area contributed by atoms with Crippen LogP contribution in [-0.4, -0.2) is 33.5 Å². The Bertz CT molecular complexity index is 1040. The minimum atomic E-state index is -0.351. The van der Waals surface area contributed by atoms with Crippen molar-refractivity contribution >= 4 is 35.0 Å². The van der Waals surface area contributed by atoms with Crippen molar-refractivity contribution in [3.8, 4) is 11.5 Å². The molecule has 1 heterocycles. The predicted octanol–water partition coefficient (Wildman–Crippen LogP) is 5.00. The zero-order chi connectivity index (χ0) is 22.2. The van der Waals surface area contributed by atoms with Crippen LogP contribution in [0.5, 0.6) is 11.5 Å². The summed E-state index contributed by atoms with van der Waals surface area (Å²) in [7, 11) is 1.62. The molecule has 0 bridgehead atoms. The molecule has 2 aromatic carbocycles. The standard InChI is InChI=1S/C22H23ClN4O3S/c1-4-12-27-21(15(2)30-19-10-8-18(29-3)9-11-19)25-26-22(27)31-14-20(28)24-17-7-5-6-16(23)13-17/h4-11,13,15H,1,12,14H2,2-3H3,(H,24,28). The zero-order valence-corrected chi connectivity index (χ0v) is 18.8. The van der Waals surface area contributed by atoms with E-state index in [0.29, 0.717) is 34.0 Å². The molecule has 1 atom stereocenters. The van der Waals surface area contributed by atoms with E-state index in [-0.39, 0.29) is 17.8 Å². The molecule has 1 aromatic heterocycles. The van der Waals surface area contributed by atoms with Gasteiger partial charge in [-0.1, -0.05) is 35.5 Å². The minimum absolute atomic E-state index is 0.162. The molecule has 0 radical (unpaired) electrons. The molecule has 162 valence electrons. The highest BCUT2D eigenvalue weighted by Crippen LogP contribution is 2.26. The third kappa shape index (κ3) is 6.26. The molecule has 0 aliphatic carbocycles. The van der Waals surface area contributed by atoms with Gasteiger partial charge in [-0.15, -0.1) is 16.8 Å². The van der Waals surface area contributed by atoms with E-state index in [1.807, 2.05) is 35.8 Å². The number of rotatable bonds is 10. The van der Waals surface area contributed by atoms with Gasteiger partial charge < -0.3 is 14.8 Å². The molecular weight excluding hydrogens is 436 g/mol. The van der Waals surface area contributed by atoms with Gasteiger partial charge in [0.1, 0.15) is 11.5 Å². The SMILES string of the molecule is C=CCn1c(SCC(=O)Nc2cccc(Cl)c2)nnc1C(C)Oc1ccc(OC)cc1. The molecule has 3 rings (SSSR count). The number of amides is 1. The molecule has 1 amide bonds. The van der Waals surface area contributed by atoms with Gasteiger partial charge in [-0.2, -0.15) is 0 Å². The summed E-state index contributed by atoms with van der Waals surface area (Å²) >= 11 is 7.25. The second kappa shape index (κ2) is 10.9. The number of halogens is 1. The maximum absolute atomic E-state index is 12.3. The van der Waals surface area contributed by atoms with Crippen LogP contribution in [0, 0.1) is 0 Å². The Morgan fingerprint density at radius 3 is 2.68 bits per heavy atom. The van der Waals surface area contributed by atoms with E-state index in [0.717, 1.165) is 5.75 Å². The lowest BCUT2D eigenvalue weighted by atomic mass is 10.3. The molecule has 0 fully saturated rings. The summed E-state index contributed by atoms with van der Waals surface area (Å²) in [5.74, 6) is 2.11. The lowest BCUT2D eigenvalue weighted by molar-refractivity contribution is -0.113. The fourth-order valence-electron chi connectivity index (χ4n) is 2.81. The van der Waals surface area contributed by atoms with E-state index in [1.54, 1.807) is 37.5 Å². The van der Waals surface area contributed by atoms with Crippen molar-refractivity contribution in [2.75, 3.05) is 18.2 Å². The Labute approximate surface area is 190 Å². The van der Waals surface area contributed by atoms with Crippen molar-refractivity contribution in [1.29, 1.82) is 0 Å². The number of methoxy groups -OCH3 is 1. The van der Waals surface area contributed by atoms with Crippen molar-refractivity contribution < 1.29 is 14.3 Å². The number of carbonyl (C=O) groups is 1. The van der Waals surface area contributed by atoms with Gasteiger partial charge in [0.2, 0.25) is 5.91 Å². The number of hydrogen-bond donors (Lipinski definition) is 1. The third-order valence-electron chi connectivity index (χ3n) is 4.23. The summed E-state index contributed by atoms with van der Waals surface area (Å²) < 4.78 is 13.1. The number of nitrogens with one attached hydrogen (secondary N) is 1. The molecule has 0 aliphatic rings. The molecule has 1 N–H and O–H groups in total. The summed E-state index contributed by atoms with van der Waals surface area (Å²) in [6, 6.07) is 14.3. The van der Waals surface area contributed by atoms with E-state index < -0.39 is 0 Å². The Morgan fingerprint density at radius 2 is 2.00 bits per heavy atom. The molecule has 0 spiro atoms. The molecule has 0 saturated heterocycles. The fraction of sp³-hybridized carbons (Fsp3) is 0.227. The monoisotopic (exact) mass is 458 g/mol. The number of anilines is 1. The lowest BCUT2D eigenvalue weighted by Crippen LogP contribution is -2.15. The van der Waals surface area contributed by atoms with Crippen LogP contribution in [0.3, 0.4) is 0 Å². The van der Waals surface area contributed by atoms with Gasteiger partial charge >= 0.3 is 0 Å². The first-order chi connectivity index (χ1) is 15.0. The normalized spacial score (nSPS) is 11.6. The van der Waals surface area contributed by atoms with Gasteiger partial charge in [0.25, 0.3) is 0 Å². The Balaban J connectivity index is 1.65. The van der Waals surface area contributed by atoms with Gasteiger partial charge in [-0.3, -0.25) is 9.36 Å². The molecule has 1 unspecified atom stereocenters. The van der Waals surface area contributed by atoms with Crippen molar-refractivity contribution in [2.24, 2.45) is 0 Å². The van der Waals surface area contributed by atoms with E-state index in [4.69, 9.17) is 21.1 Å². The maximum atomic E-state index is 12.3. The molecule has 7 nitrogen and oxygen atoms in total. The van der Waals surface area contributed by atoms with Crippen molar-refractivity contribution in [1.82, 2.24) is 14.8 Å². The van der Waals surface area contributed by atoms with Gasteiger partial charge in [0.15, 0.2) is 17.1 Å². The molecule has 0 saturated carbocycles. The van der Waals surface area contributed by atoms with E-state index in [2.05, 4.69) is 22.1 Å². The number of carbonyl (C=O) groups excluding carboxylic acids is 1. The highest BCUT2D eigenvalue weighted by molar-refractivity contribution is 7.99. The average Bonchev–Trinajstić information content (AvgIpc) is 3.16.